The number of carbonyl (C=O) groups is 2. The highest BCUT2D eigenvalue weighted by atomic mass is 79.9. The van der Waals surface area contributed by atoms with Gasteiger partial charge in [-0.05, 0) is 28.1 Å². The molecule has 0 saturated heterocycles. The Bertz CT molecular complexity index is 426. The number of Topliss-reactive ketones (excluding diaryl/α,β-unsaturated/α-hetero) is 1. The van der Waals surface area contributed by atoms with Crippen LogP contribution in [0.1, 0.15) is 10.4 Å². The third-order valence-electron chi connectivity index (χ3n) is 1.63. The minimum absolute atomic E-state index is 0.299. The van der Waals surface area contributed by atoms with Gasteiger partial charge in [0.25, 0.3) is 5.78 Å². The fraction of sp³-hybridized carbons (Fsp3) is 0. The number of hydrogen-bond donors (Lipinski definition) is 0. The zero-order chi connectivity index (χ0) is 9.59. The predicted octanol–water partition coefficient (Wildman–Crippen LogP) is 2.31. The highest BCUT2D eigenvalue weighted by Crippen LogP contribution is 2.35. The summed E-state index contributed by atoms with van der Waals surface area (Å²) in [6.45, 7) is 0. The molecule has 0 atom stereocenters. The van der Waals surface area contributed by atoms with Crippen LogP contribution >= 0.6 is 31.9 Å². The summed E-state index contributed by atoms with van der Waals surface area (Å²) in [5.41, 5.74) is 0.299. The third-order valence-corrected chi connectivity index (χ3v) is 2.72. The molecular weight excluding hydrogens is 304 g/mol. The monoisotopic (exact) mass is 304 g/mol. The van der Waals surface area contributed by atoms with Crippen LogP contribution in [0, 0.1) is 0 Å². The molecule has 0 aliphatic carbocycles. The second kappa shape index (κ2) is 2.92. The van der Waals surface area contributed by atoms with E-state index in [0.717, 1.165) is 4.47 Å². The minimum Gasteiger partial charge on any atom is -0.420 e. The van der Waals surface area contributed by atoms with Gasteiger partial charge in [0, 0.05) is 8.95 Å². The molecule has 1 heterocycles. The van der Waals surface area contributed by atoms with E-state index < -0.39 is 11.8 Å². The third kappa shape index (κ3) is 1.32. The van der Waals surface area contributed by atoms with E-state index >= 15 is 0 Å². The lowest BCUT2D eigenvalue weighted by Gasteiger charge is -1.98. The zero-order valence-corrected chi connectivity index (χ0v) is 9.31. The Morgan fingerprint density at radius 2 is 1.85 bits per heavy atom. The molecule has 0 spiro atoms. The second-order valence-corrected chi connectivity index (χ2v) is 4.25. The lowest BCUT2D eigenvalue weighted by atomic mass is 10.1. The van der Waals surface area contributed by atoms with Crippen molar-refractivity contribution in [3.63, 3.8) is 0 Å². The molecule has 0 unspecified atom stereocenters. The van der Waals surface area contributed by atoms with Crippen molar-refractivity contribution in [2.24, 2.45) is 0 Å². The van der Waals surface area contributed by atoms with Crippen molar-refractivity contribution in [1.82, 2.24) is 0 Å². The lowest BCUT2D eigenvalue weighted by Crippen LogP contribution is -2.10. The van der Waals surface area contributed by atoms with E-state index in [1.807, 2.05) is 0 Å². The molecule has 0 saturated carbocycles. The van der Waals surface area contributed by atoms with Crippen LogP contribution in [0.3, 0.4) is 0 Å². The first-order chi connectivity index (χ1) is 6.09. The van der Waals surface area contributed by atoms with E-state index in [4.69, 9.17) is 4.74 Å². The average molecular weight is 306 g/mol. The number of hydrogen-bond acceptors (Lipinski definition) is 3. The molecule has 66 valence electrons. The molecule has 0 radical (unpaired) electrons. The fourth-order valence-electron chi connectivity index (χ4n) is 1.10. The topological polar surface area (TPSA) is 43.4 Å². The van der Waals surface area contributed by atoms with Crippen molar-refractivity contribution >= 4 is 43.6 Å². The number of benzene rings is 1. The van der Waals surface area contributed by atoms with Gasteiger partial charge in [0.1, 0.15) is 5.75 Å². The first kappa shape index (κ1) is 8.90. The zero-order valence-electron chi connectivity index (χ0n) is 6.14. The average Bonchev–Trinajstić information content (AvgIpc) is 2.27. The molecule has 0 bridgehead atoms. The highest BCUT2D eigenvalue weighted by Gasteiger charge is 2.33. The summed E-state index contributed by atoms with van der Waals surface area (Å²) < 4.78 is 6.05. The van der Waals surface area contributed by atoms with Gasteiger partial charge in [-0.3, -0.25) is 4.79 Å². The Labute approximate surface area is 90.3 Å². The molecule has 1 aromatic rings. The van der Waals surface area contributed by atoms with Gasteiger partial charge in [0.15, 0.2) is 0 Å². The molecule has 2 rings (SSSR count). The van der Waals surface area contributed by atoms with Crippen molar-refractivity contribution in [2.75, 3.05) is 0 Å². The molecule has 0 fully saturated rings. The molecule has 0 N–H and O–H groups in total. The van der Waals surface area contributed by atoms with Crippen molar-refractivity contribution in [1.29, 1.82) is 0 Å². The Balaban J connectivity index is 2.71. The van der Waals surface area contributed by atoms with Gasteiger partial charge in [-0.1, -0.05) is 15.9 Å². The lowest BCUT2D eigenvalue weighted by molar-refractivity contribution is -0.128. The Morgan fingerprint density at radius 3 is 2.54 bits per heavy atom. The normalized spacial score (nSPS) is 14.3. The van der Waals surface area contributed by atoms with Crippen molar-refractivity contribution in [3.05, 3.63) is 26.6 Å². The fourth-order valence-corrected chi connectivity index (χ4v) is 2.47. The molecule has 0 amide bonds. The predicted molar refractivity (Wildman–Crippen MR) is 51.8 cm³/mol. The maximum Gasteiger partial charge on any atom is 0.385 e. The Kier molecular flexibility index (Phi) is 2.00. The maximum absolute atomic E-state index is 11.2. The van der Waals surface area contributed by atoms with Gasteiger partial charge in [0.2, 0.25) is 0 Å². The summed E-state index contributed by atoms with van der Waals surface area (Å²) in [5.74, 6) is -1.13. The summed E-state index contributed by atoms with van der Waals surface area (Å²) in [5, 5.41) is 0. The number of esters is 1. The van der Waals surface area contributed by atoms with Crippen molar-refractivity contribution in [3.8, 4) is 5.75 Å². The van der Waals surface area contributed by atoms with Gasteiger partial charge in [-0.2, -0.15) is 0 Å². The largest absolute Gasteiger partial charge is 0.420 e. The summed E-state index contributed by atoms with van der Waals surface area (Å²) in [4.78, 5) is 22.1. The Hall–Kier alpha value is -0.680. The van der Waals surface area contributed by atoms with Crippen molar-refractivity contribution in [2.45, 2.75) is 0 Å². The summed E-state index contributed by atoms with van der Waals surface area (Å²) in [6, 6.07) is 3.28. The molecule has 1 aliphatic rings. The van der Waals surface area contributed by atoms with E-state index in [9.17, 15) is 9.59 Å². The number of rotatable bonds is 0. The van der Waals surface area contributed by atoms with E-state index in [0.29, 0.717) is 15.8 Å². The standard InChI is InChI=1S/C8H2Br2O3/c9-3-1-4(10)6-5(2-3)13-8(12)7(6)11/h1-2H. The van der Waals surface area contributed by atoms with Gasteiger partial charge < -0.3 is 4.74 Å². The molecule has 1 aromatic carbocycles. The van der Waals surface area contributed by atoms with E-state index in [2.05, 4.69) is 31.9 Å². The van der Waals surface area contributed by atoms with Crippen LogP contribution in [0.4, 0.5) is 0 Å². The van der Waals surface area contributed by atoms with Crippen LogP contribution in [0.15, 0.2) is 21.1 Å². The first-order valence-electron chi connectivity index (χ1n) is 3.35. The van der Waals surface area contributed by atoms with Crippen LogP contribution < -0.4 is 4.74 Å². The number of halogens is 2. The molecule has 1 aliphatic heterocycles. The van der Waals surface area contributed by atoms with E-state index in [-0.39, 0.29) is 0 Å². The maximum atomic E-state index is 11.2. The van der Waals surface area contributed by atoms with E-state index in [1.54, 1.807) is 12.1 Å². The SMILES string of the molecule is O=C1Oc2cc(Br)cc(Br)c2C1=O. The number of fused-ring (bicyclic) bond motifs is 1. The molecular formula is C8H2Br2O3. The number of ketones is 1. The van der Waals surface area contributed by atoms with Gasteiger partial charge in [-0.15, -0.1) is 0 Å². The van der Waals surface area contributed by atoms with Gasteiger partial charge in [-0.25, -0.2) is 4.79 Å². The summed E-state index contributed by atoms with van der Waals surface area (Å²) in [6.07, 6.45) is 0. The summed E-state index contributed by atoms with van der Waals surface area (Å²) >= 11 is 6.41. The molecule has 0 aromatic heterocycles. The van der Waals surface area contributed by atoms with Crippen LogP contribution in [0.2, 0.25) is 0 Å². The van der Waals surface area contributed by atoms with E-state index in [1.165, 1.54) is 0 Å². The molecule has 5 heteroatoms. The first-order valence-corrected chi connectivity index (χ1v) is 4.94. The molecule has 13 heavy (non-hydrogen) atoms. The Morgan fingerprint density at radius 1 is 1.15 bits per heavy atom. The van der Waals surface area contributed by atoms with Crippen molar-refractivity contribution < 1.29 is 14.3 Å². The second-order valence-electron chi connectivity index (χ2n) is 2.48. The number of ether oxygens (including phenoxy) is 1. The number of carbonyl (C=O) groups excluding carboxylic acids is 2. The van der Waals surface area contributed by atoms with Crippen LogP contribution in [0.25, 0.3) is 0 Å². The van der Waals surface area contributed by atoms with Gasteiger partial charge in [0.05, 0.1) is 5.56 Å². The van der Waals surface area contributed by atoms with Crippen LogP contribution in [-0.4, -0.2) is 11.8 Å². The smallest absolute Gasteiger partial charge is 0.385 e. The van der Waals surface area contributed by atoms with Crippen LogP contribution in [-0.2, 0) is 4.79 Å². The van der Waals surface area contributed by atoms with Crippen LogP contribution in [0.5, 0.6) is 5.75 Å². The highest BCUT2D eigenvalue weighted by molar-refractivity contribution is 9.11. The van der Waals surface area contributed by atoms with Gasteiger partial charge >= 0.3 is 5.97 Å². The molecule has 3 nitrogen and oxygen atoms in total. The minimum atomic E-state index is -0.825. The summed E-state index contributed by atoms with van der Waals surface area (Å²) in [7, 11) is 0. The quantitative estimate of drug-likeness (QED) is 0.420.